The molecule has 0 radical (unpaired) electrons. The summed E-state index contributed by atoms with van der Waals surface area (Å²) in [6, 6.07) is 0. The van der Waals surface area contributed by atoms with Gasteiger partial charge in [0, 0.05) is 12.1 Å². The molecule has 0 spiro atoms. The van der Waals surface area contributed by atoms with E-state index in [0.29, 0.717) is 0 Å². The van der Waals surface area contributed by atoms with Gasteiger partial charge in [-0.2, -0.15) is 0 Å². The van der Waals surface area contributed by atoms with Crippen LogP contribution in [-0.4, -0.2) is 5.71 Å². The fourth-order valence-corrected chi connectivity index (χ4v) is 1.04. The summed E-state index contributed by atoms with van der Waals surface area (Å²) in [7, 11) is 0. The van der Waals surface area contributed by atoms with Crippen molar-refractivity contribution in [1.82, 2.24) is 0 Å². The predicted octanol–water partition coefficient (Wildman–Crippen LogP) is 3.55. The Morgan fingerprint density at radius 1 is 1.36 bits per heavy atom. The normalized spacial score (nSPS) is 11.7. The first kappa shape index (κ1) is 10.4. The molecule has 0 aromatic rings. The average Bonchev–Trinajstić information content (AvgIpc) is 1.97. The Hall–Kier alpha value is -0.590. The Labute approximate surface area is 70.0 Å². The molecule has 0 saturated carbocycles. The Morgan fingerprint density at radius 2 is 2.00 bits per heavy atom. The van der Waals surface area contributed by atoms with Gasteiger partial charge >= 0.3 is 0 Å². The summed E-state index contributed by atoms with van der Waals surface area (Å²) in [4.78, 5) is 0. The van der Waals surface area contributed by atoms with Gasteiger partial charge in [0.05, 0.1) is 0 Å². The number of hydrogen-bond donors (Lipinski definition) is 1. The van der Waals surface area contributed by atoms with Crippen LogP contribution in [0.4, 0.5) is 0 Å². The van der Waals surface area contributed by atoms with Gasteiger partial charge in [-0.15, -0.1) is 0 Å². The van der Waals surface area contributed by atoms with E-state index >= 15 is 0 Å². The van der Waals surface area contributed by atoms with Crippen molar-refractivity contribution in [2.75, 3.05) is 0 Å². The molecule has 0 aliphatic rings. The van der Waals surface area contributed by atoms with Gasteiger partial charge in [0.2, 0.25) is 0 Å². The maximum atomic E-state index is 7.25. The number of hydrogen-bond acceptors (Lipinski definition) is 1. The van der Waals surface area contributed by atoms with Crippen LogP contribution in [0.5, 0.6) is 0 Å². The van der Waals surface area contributed by atoms with E-state index in [-0.39, 0.29) is 0 Å². The molecule has 64 valence electrons. The van der Waals surface area contributed by atoms with Crippen molar-refractivity contribution >= 4 is 5.71 Å². The van der Waals surface area contributed by atoms with Gasteiger partial charge in [-0.05, 0) is 19.8 Å². The molecule has 0 aliphatic carbocycles. The molecule has 1 heteroatoms. The highest BCUT2D eigenvalue weighted by Gasteiger charge is 1.91. The van der Waals surface area contributed by atoms with Crippen LogP contribution in [0.15, 0.2) is 11.6 Å². The summed E-state index contributed by atoms with van der Waals surface area (Å²) in [6.45, 7) is 6.23. The first-order valence-electron chi connectivity index (χ1n) is 4.42. The van der Waals surface area contributed by atoms with E-state index in [2.05, 4.69) is 19.9 Å². The molecular weight excluding hydrogens is 134 g/mol. The third-order valence-electron chi connectivity index (χ3n) is 1.72. The van der Waals surface area contributed by atoms with Crippen molar-refractivity contribution in [2.24, 2.45) is 0 Å². The first-order valence-corrected chi connectivity index (χ1v) is 4.42. The zero-order valence-electron chi connectivity index (χ0n) is 7.91. The molecule has 11 heavy (non-hydrogen) atoms. The summed E-state index contributed by atoms with van der Waals surface area (Å²) in [5.74, 6) is 0. The lowest BCUT2D eigenvalue weighted by atomic mass is 10.1. The van der Waals surface area contributed by atoms with Gasteiger partial charge < -0.3 is 5.41 Å². The minimum atomic E-state index is 0.757. The predicted molar refractivity (Wildman–Crippen MR) is 51.3 cm³/mol. The SMILES string of the molecule is CCC/C(=C\CC(C)=N)CC. The van der Waals surface area contributed by atoms with E-state index in [1.807, 2.05) is 6.92 Å². The highest BCUT2D eigenvalue weighted by atomic mass is 14.4. The quantitative estimate of drug-likeness (QED) is 0.461. The molecule has 0 unspecified atom stereocenters. The second-order valence-electron chi connectivity index (χ2n) is 2.95. The Bertz CT molecular complexity index is 145. The van der Waals surface area contributed by atoms with Crippen LogP contribution in [-0.2, 0) is 0 Å². The summed E-state index contributed by atoms with van der Waals surface area (Å²) < 4.78 is 0. The van der Waals surface area contributed by atoms with Gasteiger partial charge in [-0.3, -0.25) is 0 Å². The Balaban J connectivity index is 3.80. The van der Waals surface area contributed by atoms with Crippen molar-refractivity contribution in [3.05, 3.63) is 11.6 Å². The third kappa shape index (κ3) is 5.84. The maximum Gasteiger partial charge on any atom is 0.00959 e. The van der Waals surface area contributed by atoms with E-state index < -0.39 is 0 Å². The lowest BCUT2D eigenvalue weighted by molar-refractivity contribution is 0.853. The minimum Gasteiger partial charge on any atom is -0.310 e. The standard InChI is InChI=1S/C10H19N/c1-4-6-10(5-2)8-7-9(3)11/h8,11H,4-7H2,1-3H3/b10-8-,11-9?. The fraction of sp³-hybridized carbons (Fsp3) is 0.700. The Kier molecular flexibility index (Phi) is 5.81. The second kappa shape index (κ2) is 6.14. The van der Waals surface area contributed by atoms with Crippen LogP contribution in [0.25, 0.3) is 0 Å². The van der Waals surface area contributed by atoms with Crippen molar-refractivity contribution in [2.45, 2.75) is 46.5 Å². The smallest absolute Gasteiger partial charge is 0.00959 e. The van der Waals surface area contributed by atoms with Crippen molar-refractivity contribution in [3.8, 4) is 0 Å². The minimum absolute atomic E-state index is 0.757. The molecule has 0 heterocycles. The molecule has 0 fully saturated rings. The molecule has 0 aliphatic heterocycles. The first-order chi connectivity index (χ1) is 5.20. The third-order valence-corrected chi connectivity index (χ3v) is 1.72. The van der Waals surface area contributed by atoms with E-state index in [9.17, 15) is 0 Å². The molecule has 1 N–H and O–H groups in total. The molecule has 0 amide bonds. The van der Waals surface area contributed by atoms with Crippen LogP contribution in [0.2, 0.25) is 0 Å². The fourth-order valence-electron chi connectivity index (χ4n) is 1.04. The maximum absolute atomic E-state index is 7.25. The van der Waals surface area contributed by atoms with Crippen molar-refractivity contribution < 1.29 is 0 Å². The van der Waals surface area contributed by atoms with Gasteiger partial charge in [-0.25, -0.2) is 0 Å². The largest absolute Gasteiger partial charge is 0.310 e. The summed E-state index contributed by atoms with van der Waals surface area (Å²) in [5, 5.41) is 7.25. The highest BCUT2D eigenvalue weighted by Crippen LogP contribution is 2.09. The topological polar surface area (TPSA) is 23.9 Å². The number of rotatable bonds is 5. The molecule has 0 aromatic carbocycles. The monoisotopic (exact) mass is 153 g/mol. The van der Waals surface area contributed by atoms with Crippen LogP contribution >= 0.6 is 0 Å². The zero-order valence-corrected chi connectivity index (χ0v) is 7.91. The molecular formula is C10H19N. The number of allylic oxidation sites excluding steroid dienone is 2. The molecule has 0 aromatic heterocycles. The van der Waals surface area contributed by atoms with E-state index in [1.165, 1.54) is 18.4 Å². The zero-order chi connectivity index (χ0) is 8.69. The lowest BCUT2D eigenvalue weighted by Crippen LogP contribution is -1.87. The van der Waals surface area contributed by atoms with Gasteiger partial charge in [0.15, 0.2) is 0 Å². The molecule has 0 saturated heterocycles. The van der Waals surface area contributed by atoms with Crippen LogP contribution < -0.4 is 0 Å². The summed E-state index contributed by atoms with van der Waals surface area (Å²) >= 11 is 0. The van der Waals surface area contributed by atoms with Gasteiger partial charge in [0.1, 0.15) is 0 Å². The van der Waals surface area contributed by atoms with Gasteiger partial charge in [0.25, 0.3) is 0 Å². The van der Waals surface area contributed by atoms with E-state index in [1.54, 1.807) is 0 Å². The lowest BCUT2D eigenvalue weighted by Gasteiger charge is -2.00. The second-order valence-corrected chi connectivity index (χ2v) is 2.95. The molecule has 1 nitrogen and oxygen atoms in total. The van der Waals surface area contributed by atoms with Crippen LogP contribution in [0, 0.1) is 5.41 Å². The molecule has 0 rings (SSSR count). The molecule has 0 atom stereocenters. The Morgan fingerprint density at radius 3 is 2.36 bits per heavy atom. The molecule has 0 bridgehead atoms. The van der Waals surface area contributed by atoms with Crippen LogP contribution in [0.1, 0.15) is 46.5 Å². The summed E-state index contributed by atoms with van der Waals surface area (Å²) in [5.41, 5.74) is 2.26. The number of nitrogens with one attached hydrogen (secondary N) is 1. The van der Waals surface area contributed by atoms with Crippen molar-refractivity contribution in [1.29, 1.82) is 5.41 Å². The van der Waals surface area contributed by atoms with E-state index in [4.69, 9.17) is 5.41 Å². The van der Waals surface area contributed by atoms with E-state index in [0.717, 1.165) is 18.6 Å². The summed E-state index contributed by atoms with van der Waals surface area (Å²) in [6.07, 6.45) is 6.59. The highest BCUT2D eigenvalue weighted by molar-refractivity contribution is 5.80. The van der Waals surface area contributed by atoms with Crippen molar-refractivity contribution in [3.63, 3.8) is 0 Å². The van der Waals surface area contributed by atoms with Gasteiger partial charge in [-0.1, -0.05) is 31.9 Å². The average molecular weight is 153 g/mol. The van der Waals surface area contributed by atoms with Crippen LogP contribution in [0.3, 0.4) is 0 Å².